The van der Waals surface area contributed by atoms with E-state index < -0.39 is 6.10 Å². The third-order valence-corrected chi connectivity index (χ3v) is 4.63. The summed E-state index contributed by atoms with van der Waals surface area (Å²) in [4.78, 5) is 0. The van der Waals surface area contributed by atoms with E-state index in [2.05, 4.69) is 22.9 Å². The first-order valence-corrected chi connectivity index (χ1v) is 7.85. The highest BCUT2D eigenvalue weighted by atomic mass is 79.9. The van der Waals surface area contributed by atoms with Crippen LogP contribution >= 0.6 is 15.9 Å². The van der Waals surface area contributed by atoms with Crippen LogP contribution in [0.5, 0.6) is 11.5 Å². The van der Waals surface area contributed by atoms with Gasteiger partial charge in [0.05, 0.1) is 19.3 Å². The Kier molecular flexibility index (Phi) is 4.19. The largest absolute Gasteiger partial charge is 0.490 e. The third-order valence-electron chi connectivity index (χ3n) is 3.94. The number of aliphatic hydroxyl groups is 1. The smallest absolute Gasteiger partial charge is 0.162 e. The van der Waals surface area contributed by atoms with E-state index in [1.54, 1.807) is 0 Å². The number of hydrogen-bond acceptors (Lipinski definition) is 4. The van der Waals surface area contributed by atoms with E-state index in [4.69, 9.17) is 14.2 Å². The number of rotatable bonds is 2. The van der Waals surface area contributed by atoms with E-state index in [9.17, 15) is 5.11 Å². The predicted octanol–water partition coefficient (Wildman–Crippen LogP) is 3.07. The number of hydrogen-bond donors (Lipinski definition) is 1. The maximum atomic E-state index is 10.6. The van der Waals surface area contributed by atoms with E-state index in [0.29, 0.717) is 31.5 Å². The Morgan fingerprint density at radius 3 is 2.55 bits per heavy atom. The van der Waals surface area contributed by atoms with Gasteiger partial charge in [-0.15, -0.1) is 0 Å². The molecule has 0 radical (unpaired) electrons. The number of ether oxygens (including phenoxy) is 3. The molecule has 2 heterocycles. The standard InChI is InChI=1S/C15H19BrO4/c1-9-3-6-20-15(9)14(17)10-7-12-13(8-11(10)16)19-5-2-4-18-12/h7-9,14-15,17H,2-6H2,1H3. The fourth-order valence-electron chi connectivity index (χ4n) is 2.72. The molecule has 3 rings (SSSR count). The van der Waals surface area contributed by atoms with Crippen molar-refractivity contribution in [3.05, 3.63) is 22.2 Å². The van der Waals surface area contributed by atoms with Gasteiger partial charge in [-0.3, -0.25) is 0 Å². The van der Waals surface area contributed by atoms with Gasteiger partial charge in [0, 0.05) is 23.1 Å². The first kappa shape index (κ1) is 14.2. The molecule has 0 amide bonds. The molecule has 0 spiro atoms. The maximum absolute atomic E-state index is 10.6. The fourth-order valence-corrected chi connectivity index (χ4v) is 3.28. The predicted molar refractivity (Wildman–Crippen MR) is 78.2 cm³/mol. The number of benzene rings is 1. The van der Waals surface area contributed by atoms with E-state index in [-0.39, 0.29) is 6.10 Å². The summed E-state index contributed by atoms with van der Waals surface area (Å²) in [7, 11) is 0. The monoisotopic (exact) mass is 342 g/mol. The van der Waals surface area contributed by atoms with Gasteiger partial charge in [-0.05, 0) is 24.5 Å². The number of aliphatic hydroxyl groups excluding tert-OH is 1. The molecule has 1 saturated heterocycles. The molecule has 0 aromatic heterocycles. The average molecular weight is 343 g/mol. The van der Waals surface area contributed by atoms with Crippen LogP contribution in [0.15, 0.2) is 16.6 Å². The molecule has 3 atom stereocenters. The first-order chi connectivity index (χ1) is 9.66. The molecule has 0 saturated carbocycles. The summed E-state index contributed by atoms with van der Waals surface area (Å²) in [6.45, 7) is 4.12. The number of halogens is 1. The Hall–Kier alpha value is -0.780. The van der Waals surface area contributed by atoms with Crippen molar-refractivity contribution in [2.24, 2.45) is 5.92 Å². The lowest BCUT2D eigenvalue weighted by Crippen LogP contribution is -2.23. The quantitative estimate of drug-likeness (QED) is 0.897. The third kappa shape index (κ3) is 2.67. The van der Waals surface area contributed by atoms with Gasteiger partial charge in [-0.2, -0.15) is 0 Å². The van der Waals surface area contributed by atoms with Crippen molar-refractivity contribution in [3.63, 3.8) is 0 Å². The van der Waals surface area contributed by atoms with E-state index in [1.807, 2.05) is 12.1 Å². The van der Waals surface area contributed by atoms with E-state index >= 15 is 0 Å². The Labute approximate surface area is 127 Å². The van der Waals surface area contributed by atoms with E-state index in [1.165, 1.54) is 0 Å². The van der Waals surface area contributed by atoms with Gasteiger partial charge in [0.1, 0.15) is 6.10 Å². The molecule has 5 heteroatoms. The van der Waals surface area contributed by atoms with Crippen LogP contribution in [-0.4, -0.2) is 31.0 Å². The summed E-state index contributed by atoms with van der Waals surface area (Å²) >= 11 is 3.52. The van der Waals surface area contributed by atoms with Gasteiger partial charge in [0.25, 0.3) is 0 Å². The second kappa shape index (κ2) is 5.92. The van der Waals surface area contributed by atoms with Crippen molar-refractivity contribution >= 4 is 15.9 Å². The zero-order chi connectivity index (χ0) is 14.1. The molecule has 2 aliphatic heterocycles. The molecule has 0 aliphatic carbocycles. The Morgan fingerprint density at radius 2 is 1.90 bits per heavy atom. The summed E-state index contributed by atoms with van der Waals surface area (Å²) in [5.41, 5.74) is 0.799. The minimum Gasteiger partial charge on any atom is -0.490 e. The van der Waals surface area contributed by atoms with Crippen molar-refractivity contribution in [1.29, 1.82) is 0 Å². The van der Waals surface area contributed by atoms with Crippen molar-refractivity contribution in [1.82, 2.24) is 0 Å². The van der Waals surface area contributed by atoms with Crippen LogP contribution in [0.25, 0.3) is 0 Å². The van der Waals surface area contributed by atoms with Crippen molar-refractivity contribution < 1.29 is 19.3 Å². The Bertz CT molecular complexity index is 491. The molecule has 1 aromatic carbocycles. The van der Waals surface area contributed by atoms with Crippen LogP contribution in [0, 0.1) is 5.92 Å². The normalized spacial score (nSPS) is 27.1. The van der Waals surface area contributed by atoms with Crippen LogP contribution in [0.2, 0.25) is 0 Å². The summed E-state index contributed by atoms with van der Waals surface area (Å²) < 4.78 is 17.8. The molecule has 1 aromatic rings. The van der Waals surface area contributed by atoms with Gasteiger partial charge in [-0.25, -0.2) is 0 Å². The second-order valence-electron chi connectivity index (χ2n) is 5.42. The SMILES string of the molecule is CC1CCOC1C(O)c1cc2c(cc1Br)OCCCO2. The zero-order valence-electron chi connectivity index (χ0n) is 11.5. The topological polar surface area (TPSA) is 47.9 Å². The van der Waals surface area contributed by atoms with Crippen LogP contribution in [0.1, 0.15) is 31.4 Å². The van der Waals surface area contributed by atoms with E-state index in [0.717, 1.165) is 28.6 Å². The van der Waals surface area contributed by atoms with Crippen molar-refractivity contribution in [2.45, 2.75) is 32.0 Å². The van der Waals surface area contributed by atoms with Crippen LogP contribution in [0.3, 0.4) is 0 Å². The van der Waals surface area contributed by atoms with Crippen molar-refractivity contribution in [3.8, 4) is 11.5 Å². The van der Waals surface area contributed by atoms with Gasteiger partial charge >= 0.3 is 0 Å². The van der Waals surface area contributed by atoms with Gasteiger partial charge in [0.15, 0.2) is 11.5 Å². The molecule has 0 bridgehead atoms. The molecule has 1 N–H and O–H groups in total. The van der Waals surface area contributed by atoms with Crippen molar-refractivity contribution in [2.75, 3.05) is 19.8 Å². The minimum absolute atomic E-state index is 0.156. The highest BCUT2D eigenvalue weighted by Gasteiger charge is 2.33. The lowest BCUT2D eigenvalue weighted by atomic mass is 9.94. The summed E-state index contributed by atoms with van der Waals surface area (Å²) in [6, 6.07) is 3.74. The second-order valence-corrected chi connectivity index (χ2v) is 6.27. The van der Waals surface area contributed by atoms with Gasteiger partial charge in [-0.1, -0.05) is 22.9 Å². The summed E-state index contributed by atoms with van der Waals surface area (Å²) in [6.07, 6.45) is 1.05. The fraction of sp³-hybridized carbons (Fsp3) is 0.600. The molecule has 4 nitrogen and oxygen atoms in total. The maximum Gasteiger partial charge on any atom is 0.162 e. The molecule has 3 unspecified atom stereocenters. The molecule has 110 valence electrons. The van der Waals surface area contributed by atoms with Crippen LogP contribution < -0.4 is 9.47 Å². The Morgan fingerprint density at radius 1 is 1.20 bits per heavy atom. The highest BCUT2D eigenvalue weighted by molar-refractivity contribution is 9.10. The number of fused-ring (bicyclic) bond motifs is 1. The molecular weight excluding hydrogens is 324 g/mol. The molecule has 1 fully saturated rings. The molecule has 20 heavy (non-hydrogen) atoms. The first-order valence-electron chi connectivity index (χ1n) is 7.05. The van der Waals surface area contributed by atoms with Gasteiger partial charge in [0.2, 0.25) is 0 Å². The molecular formula is C15H19BrO4. The lowest BCUT2D eigenvalue weighted by molar-refractivity contribution is -0.0182. The summed E-state index contributed by atoms with van der Waals surface area (Å²) in [5.74, 6) is 1.78. The van der Waals surface area contributed by atoms with Gasteiger partial charge < -0.3 is 19.3 Å². The van der Waals surface area contributed by atoms with Crippen LogP contribution in [-0.2, 0) is 4.74 Å². The minimum atomic E-state index is -0.654. The molecule has 2 aliphatic rings. The summed E-state index contributed by atoms with van der Waals surface area (Å²) in [5, 5.41) is 10.6. The zero-order valence-corrected chi connectivity index (χ0v) is 13.1. The average Bonchev–Trinajstić information content (AvgIpc) is 2.72. The highest BCUT2D eigenvalue weighted by Crippen LogP contribution is 2.40. The Balaban J connectivity index is 1.91. The lowest BCUT2D eigenvalue weighted by Gasteiger charge is -2.23. The van der Waals surface area contributed by atoms with Crippen LogP contribution in [0.4, 0.5) is 0 Å².